The van der Waals surface area contributed by atoms with Crippen LogP contribution in [0.1, 0.15) is 35.3 Å². The van der Waals surface area contributed by atoms with Gasteiger partial charge in [0.1, 0.15) is 10.7 Å². The van der Waals surface area contributed by atoms with E-state index < -0.39 is 0 Å². The summed E-state index contributed by atoms with van der Waals surface area (Å²) in [6.07, 6.45) is 3.01. The summed E-state index contributed by atoms with van der Waals surface area (Å²) in [5.41, 5.74) is 4.17. The molecular formula is C18H21N3O2S. The van der Waals surface area contributed by atoms with Crippen molar-refractivity contribution < 1.29 is 9.90 Å². The van der Waals surface area contributed by atoms with Crippen molar-refractivity contribution in [3.63, 3.8) is 0 Å². The zero-order chi connectivity index (χ0) is 16.7. The molecule has 1 saturated carbocycles. The quantitative estimate of drug-likeness (QED) is 0.898. The standard InChI is InChI=1S/C18H21N3O2S/c1-21-7-6-11-8-12(2-5-16(11)21)18-20-15(10-24-18)17(23)19-13-3-4-14(22)9-13/h2,5,8,10,13-14,22H,3-4,6-7,9H2,1H3,(H,19,23)/t13-,14+/m0/s1. The number of aliphatic hydroxyl groups is 1. The maximum atomic E-state index is 12.3. The number of carbonyl (C=O) groups excluding carboxylic acids is 1. The summed E-state index contributed by atoms with van der Waals surface area (Å²) in [6, 6.07) is 6.47. The van der Waals surface area contributed by atoms with Crippen LogP contribution in [0.15, 0.2) is 23.6 Å². The van der Waals surface area contributed by atoms with Crippen molar-refractivity contribution in [2.45, 2.75) is 37.8 Å². The van der Waals surface area contributed by atoms with Crippen molar-refractivity contribution in [2.24, 2.45) is 0 Å². The van der Waals surface area contributed by atoms with Crippen molar-refractivity contribution >= 4 is 22.9 Å². The molecule has 1 fully saturated rings. The largest absolute Gasteiger partial charge is 0.393 e. The van der Waals surface area contributed by atoms with E-state index in [9.17, 15) is 9.90 Å². The third kappa shape index (κ3) is 2.91. The monoisotopic (exact) mass is 343 g/mol. The number of amides is 1. The van der Waals surface area contributed by atoms with E-state index in [0.717, 1.165) is 36.4 Å². The summed E-state index contributed by atoms with van der Waals surface area (Å²) in [6.45, 7) is 1.05. The number of thiazole rings is 1. The highest BCUT2D eigenvalue weighted by Crippen LogP contribution is 2.32. The number of carbonyl (C=O) groups is 1. The van der Waals surface area contributed by atoms with Crippen LogP contribution in [-0.2, 0) is 6.42 Å². The van der Waals surface area contributed by atoms with Crippen LogP contribution >= 0.6 is 11.3 Å². The molecule has 2 heterocycles. The zero-order valence-corrected chi connectivity index (χ0v) is 14.5. The van der Waals surface area contributed by atoms with Crippen molar-refractivity contribution in [3.05, 3.63) is 34.8 Å². The normalized spacial score (nSPS) is 22.7. The van der Waals surface area contributed by atoms with Gasteiger partial charge in [-0.3, -0.25) is 4.79 Å². The Bertz CT molecular complexity index is 773. The summed E-state index contributed by atoms with van der Waals surface area (Å²) in [5.74, 6) is -0.141. The first-order valence-electron chi connectivity index (χ1n) is 8.39. The van der Waals surface area contributed by atoms with E-state index >= 15 is 0 Å². The van der Waals surface area contributed by atoms with Gasteiger partial charge in [-0.05, 0) is 49.4 Å². The molecule has 1 aliphatic heterocycles. The molecule has 0 bridgehead atoms. The Hall–Kier alpha value is -1.92. The van der Waals surface area contributed by atoms with E-state index in [1.165, 1.54) is 22.6 Å². The summed E-state index contributed by atoms with van der Waals surface area (Å²) >= 11 is 1.50. The van der Waals surface area contributed by atoms with E-state index in [1.54, 1.807) is 0 Å². The van der Waals surface area contributed by atoms with Crippen LogP contribution in [0.3, 0.4) is 0 Å². The van der Waals surface area contributed by atoms with Crippen LogP contribution in [-0.4, -0.2) is 41.7 Å². The van der Waals surface area contributed by atoms with E-state index in [0.29, 0.717) is 12.1 Å². The summed E-state index contributed by atoms with van der Waals surface area (Å²) < 4.78 is 0. The van der Waals surface area contributed by atoms with E-state index in [2.05, 4.69) is 40.4 Å². The van der Waals surface area contributed by atoms with Crippen molar-refractivity contribution in [1.82, 2.24) is 10.3 Å². The van der Waals surface area contributed by atoms with Crippen LogP contribution in [0.5, 0.6) is 0 Å². The smallest absolute Gasteiger partial charge is 0.270 e. The first-order valence-corrected chi connectivity index (χ1v) is 9.27. The molecule has 0 saturated heterocycles. The summed E-state index contributed by atoms with van der Waals surface area (Å²) in [7, 11) is 2.11. The molecule has 0 spiro atoms. The number of hydrogen-bond donors (Lipinski definition) is 2. The minimum Gasteiger partial charge on any atom is -0.393 e. The number of nitrogens with one attached hydrogen (secondary N) is 1. The van der Waals surface area contributed by atoms with Gasteiger partial charge in [-0.2, -0.15) is 0 Å². The molecule has 1 aromatic carbocycles. The fourth-order valence-electron chi connectivity index (χ4n) is 3.56. The predicted octanol–water partition coefficient (Wildman–Crippen LogP) is 2.45. The van der Waals surface area contributed by atoms with Gasteiger partial charge in [0.25, 0.3) is 5.91 Å². The molecule has 0 unspecified atom stereocenters. The van der Waals surface area contributed by atoms with E-state index in [1.807, 2.05) is 5.38 Å². The SMILES string of the molecule is CN1CCc2cc(-c3nc(C(=O)N[C@H]4CC[C@@H](O)C4)cs3)ccc21. The lowest BCUT2D eigenvalue weighted by molar-refractivity contribution is 0.0929. The predicted molar refractivity (Wildman–Crippen MR) is 95.6 cm³/mol. The number of rotatable bonds is 3. The van der Waals surface area contributed by atoms with Crippen molar-refractivity contribution in [3.8, 4) is 10.6 Å². The van der Waals surface area contributed by atoms with Gasteiger partial charge in [0.2, 0.25) is 0 Å². The molecule has 2 atom stereocenters. The summed E-state index contributed by atoms with van der Waals surface area (Å²) in [5, 5.41) is 15.2. The minimum absolute atomic E-state index is 0.0631. The number of benzene rings is 1. The fourth-order valence-corrected chi connectivity index (χ4v) is 4.36. The van der Waals surface area contributed by atoms with Crippen LogP contribution in [0, 0.1) is 0 Å². The average Bonchev–Trinajstić information content (AvgIpc) is 3.28. The van der Waals surface area contributed by atoms with E-state index in [-0.39, 0.29) is 18.1 Å². The minimum atomic E-state index is -0.286. The Morgan fingerprint density at radius 2 is 2.29 bits per heavy atom. The van der Waals surface area contributed by atoms with Gasteiger partial charge in [0, 0.05) is 36.3 Å². The number of anilines is 1. The molecule has 1 amide bonds. The number of likely N-dealkylation sites (N-methyl/N-ethyl adjacent to an activating group) is 1. The molecule has 0 radical (unpaired) electrons. The Labute approximate surface area is 145 Å². The zero-order valence-electron chi connectivity index (χ0n) is 13.7. The van der Waals surface area contributed by atoms with Crippen LogP contribution < -0.4 is 10.2 Å². The lowest BCUT2D eigenvalue weighted by Gasteiger charge is -2.11. The topological polar surface area (TPSA) is 65.5 Å². The Kier molecular flexibility index (Phi) is 4.02. The lowest BCUT2D eigenvalue weighted by atomic mass is 10.1. The second-order valence-electron chi connectivity index (χ2n) is 6.69. The van der Waals surface area contributed by atoms with Gasteiger partial charge >= 0.3 is 0 Å². The maximum Gasteiger partial charge on any atom is 0.270 e. The molecule has 6 heteroatoms. The number of nitrogens with zero attached hydrogens (tertiary/aromatic N) is 2. The Morgan fingerprint density at radius 3 is 3.08 bits per heavy atom. The Balaban J connectivity index is 1.49. The van der Waals surface area contributed by atoms with Gasteiger partial charge in [0.15, 0.2) is 0 Å². The second kappa shape index (κ2) is 6.18. The van der Waals surface area contributed by atoms with Crippen LogP contribution in [0.4, 0.5) is 5.69 Å². The third-order valence-electron chi connectivity index (χ3n) is 4.93. The molecule has 1 aromatic heterocycles. The first kappa shape index (κ1) is 15.6. The van der Waals surface area contributed by atoms with Crippen molar-refractivity contribution in [2.75, 3.05) is 18.5 Å². The average molecular weight is 343 g/mol. The first-order chi connectivity index (χ1) is 11.6. The van der Waals surface area contributed by atoms with Crippen LogP contribution in [0.2, 0.25) is 0 Å². The lowest BCUT2D eigenvalue weighted by Crippen LogP contribution is -2.33. The number of hydrogen-bond acceptors (Lipinski definition) is 5. The molecule has 24 heavy (non-hydrogen) atoms. The third-order valence-corrected chi connectivity index (χ3v) is 5.82. The number of aliphatic hydroxyl groups excluding tert-OH is 1. The van der Waals surface area contributed by atoms with E-state index in [4.69, 9.17) is 0 Å². The van der Waals surface area contributed by atoms with Gasteiger partial charge in [-0.15, -0.1) is 11.3 Å². The fraction of sp³-hybridized carbons (Fsp3) is 0.444. The molecule has 4 rings (SSSR count). The van der Waals surface area contributed by atoms with Crippen molar-refractivity contribution in [1.29, 1.82) is 0 Å². The van der Waals surface area contributed by atoms with Gasteiger partial charge in [0.05, 0.1) is 6.10 Å². The summed E-state index contributed by atoms with van der Waals surface area (Å²) in [4.78, 5) is 19.1. The molecule has 2 aromatic rings. The Morgan fingerprint density at radius 1 is 1.42 bits per heavy atom. The molecule has 1 aliphatic carbocycles. The highest BCUT2D eigenvalue weighted by Gasteiger charge is 2.25. The highest BCUT2D eigenvalue weighted by atomic mass is 32.1. The van der Waals surface area contributed by atoms with Gasteiger partial charge < -0.3 is 15.3 Å². The highest BCUT2D eigenvalue weighted by molar-refractivity contribution is 7.13. The van der Waals surface area contributed by atoms with Gasteiger partial charge in [-0.25, -0.2) is 4.98 Å². The second-order valence-corrected chi connectivity index (χ2v) is 7.55. The number of fused-ring (bicyclic) bond motifs is 1. The van der Waals surface area contributed by atoms with Gasteiger partial charge in [-0.1, -0.05) is 0 Å². The molecule has 5 nitrogen and oxygen atoms in total. The molecule has 2 aliphatic rings. The molecular weight excluding hydrogens is 322 g/mol. The van der Waals surface area contributed by atoms with Crippen LogP contribution in [0.25, 0.3) is 10.6 Å². The molecule has 126 valence electrons. The maximum absolute atomic E-state index is 12.3. The number of aromatic nitrogens is 1. The molecule has 2 N–H and O–H groups in total.